The Morgan fingerprint density at radius 3 is 1.83 bits per heavy atom. The summed E-state index contributed by atoms with van der Waals surface area (Å²) in [5.41, 5.74) is 1.41. The Morgan fingerprint density at radius 1 is 1.11 bits per heavy atom. The van der Waals surface area contributed by atoms with E-state index in [4.69, 9.17) is 0 Å². The van der Waals surface area contributed by atoms with Gasteiger partial charge in [0.15, 0.2) is 0 Å². The van der Waals surface area contributed by atoms with Crippen molar-refractivity contribution in [1.82, 2.24) is 10.2 Å². The van der Waals surface area contributed by atoms with Gasteiger partial charge in [0.25, 0.3) is 0 Å². The Balaban J connectivity index is -0.000000196. The zero-order valence-corrected chi connectivity index (χ0v) is 14.0. The maximum atomic E-state index is 3.06. The van der Waals surface area contributed by atoms with E-state index in [1.807, 2.05) is 34.7 Å². The molecule has 110 valence electrons. The van der Waals surface area contributed by atoms with Crippen LogP contribution in [0.1, 0.15) is 47.5 Å². The fourth-order valence-corrected chi connectivity index (χ4v) is 1.08. The lowest BCUT2D eigenvalue weighted by molar-refractivity contribution is 0.407. The third kappa shape index (κ3) is 24.6. The molecule has 0 aliphatic heterocycles. The van der Waals surface area contributed by atoms with Gasteiger partial charge in [0.1, 0.15) is 0 Å². The molecule has 0 spiro atoms. The molecule has 2 nitrogen and oxygen atoms in total. The molecule has 0 aromatic carbocycles. The predicted molar refractivity (Wildman–Crippen MR) is 87.3 cm³/mol. The molecule has 0 unspecified atom stereocenters. The minimum atomic E-state index is 1.08. The van der Waals surface area contributed by atoms with E-state index in [0.717, 1.165) is 13.1 Å². The number of nitrogens with zero attached hydrogens (tertiary/aromatic N) is 1. The molecule has 18 heavy (non-hydrogen) atoms. The molecule has 1 aliphatic carbocycles. The summed E-state index contributed by atoms with van der Waals surface area (Å²) in [5, 5.41) is 3.06. The molecular formula is C16H36N2. The van der Waals surface area contributed by atoms with Crippen LogP contribution in [0, 0.1) is 0 Å². The largest absolute Gasteiger partial charge is 0.318 e. The molecule has 2 heteroatoms. The van der Waals surface area contributed by atoms with Crippen molar-refractivity contribution in [3.8, 4) is 0 Å². The highest BCUT2D eigenvalue weighted by molar-refractivity contribution is 5.18. The predicted octanol–water partition coefficient (Wildman–Crippen LogP) is 4.10. The lowest BCUT2D eigenvalue weighted by Gasteiger charge is -2.06. The Labute approximate surface area is 116 Å². The fraction of sp³-hybridized carbons (Fsp3) is 0.750. The highest BCUT2D eigenvalue weighted by atomic mass is 15.1. The van der Waals surface area contributed by atoms with Crippen LogP contribution in [0.3, 0.4) is 0 Å². The third-order valence-corrected chi connectivity index (χ3v) is 1.99. The maximum absolute atomic E-state index is 3.06. The van der Waals surface area contributed by atoms with E-state index in [1.165, 1.54) is 18.4 Å². The van der Waals surface area contributed by atoms with Crippen LogP contribution in [0.25, 0.3) is 0 Å². The minimum Gasteiger partial charge on any atom is -0.318 e. The van der Waals surface area contributed by atoms with Gasteiger partial charge in [0.2, 0.25) is 0 Å². The number of nitrogens with one attached hydrogen (secondary N) is 1. The van der Waals surface area contributed by atoms with Crippen molar-refractivity contribution in [2.75, 3.05) is 34.2 Å². The van der Waals surface area contributed by atoms with Gasteiger partial charge in [0.05, 0.1) is 0 Å². The van der Waals surface area contributed by atoms with Crippen LogP contribution < -0.4 is 5.32 Å². The van der Waals surface area contributed by atoms with Gasteiger partial charge in [-0.15, -0.1) is 0 Å². The summed E-state index contributed by atoms with van der Waals surface area (Å²) < 4.78 is 0. The standard InChI is InChI=1S/C7H10.C5H14N2.2C2H6/c1-7-5-3-2-4-6-7;1-6-4-5-7(2)3;2*1-2/h3,5-6H,2,4H2,1H3;6H,4-5H2,1-3H3;2*1-2H3. The van der Waals surface area contributed by atoms with Gasteiger partial charge >= 0.3 is 0 Å². The maximum Gasteiger partial charge on any atom is 0.0101 e. The molecule has 1 rings (SSSR count). The lowest BCUT2D eigenvalue weighted by atomic mass is 10.1. The van der Waals surface area contributed by atoms with Crippen LogP contribution in [0.4, 0.5) is 0 Å². The summed E-state index contributed by atoms with van der Waals surface area (Å²) in [6, 6.07) is 0. The highest BCUT2D eigenvalue weighted by Gasteiger charge is 1.86. The van der Waals surface area contributed by atoms with E-state index in [9.17, 15) is 0 Å². The summed E-state index contributed by atoms with van der Waals surface area (Å²) in [5.74, 6) is 0. The summed E-state index contributed by atoms with van der Waals surface area (Å²) in [6.45, 7) is 12.3. The van der Waals surface area contributed by atoms with Crippen molar-refractivity contribution in [2.45, 2.75) is 47.5 Å². The van der Waals surface area contributed by atoms with Gasteiger partial charge in [0, 0.05) is 13.1 Å². The number of hydrogen-bond donors (Lipinski definition) is 1. The minimum absolute atomic E-state index is 1.08. The number of likely N-dealkylation sites (N-methyl/N-ethyl adjacent to an activating group) is 2. The van der Waals surface area contributed by atoms with Crippen LogP contribution >= 0.6 is 0 Å². The Morgan fingerprint density at radius 2 is 1.67 bits per heavy atom. The smallest absolute Gasteiger partial charge is 0.0101 e. The molecule has 0 fully saturated rings. The van der Waals surface area contributed by atoms with Crippen LogP contribution in [0.2, 0.25) is 0 Å². The van der Waals surface area contributed by atoms with E-state index < -0.39 is 0 Å². The van der Waals surface area contributed by atoms with Crippen molar-refractivity contribution < 1.29 is 0 Å². The molecule has 0 saturated heterocycles. The van der Waals surface area contributed by atoms with Crippen LogP contribution in [-0.2, 0) is 0 Å². The van der Waals surface area contributed by atoms with Gasteiger partial charge in [-0.1, -0.05) is 51.5 Å². The van der Waals surface area contributed by atoms with Crippen molar-refractivity contribution in [2.24, 2.45) is 0 Å². The van der Waals surface area contributed by atoms with Crippen molar-refractivity contribution >= 4 is 0 Å². The van der Waals surface area contributed by atoms with E-state index in [2.05, 4.69) is 49.5 Å². The van der Waals surface area contributed by atoms with Crippen molar-refractivity contribution in [3.05, 3.63) is 23.8 Å². The zero-order chi connectivity index (χ0) is 14.8. The molecule has 1 aliphatic rings. The van der Waals surface area contributed by atoms with Crippen LogP contribution in [0.15, 0.2) is 23.8 Å². The second kappa shape index (κ2) is 21.7. The SMILES string of the molecule is CC.CC.CC1=CCCC=C1.CNCCN(C)C. The van der Waals surface area contributed by atoms with E-state index in [1.54, 1.807) is 0 Å². The summed E-state index contributed by atoms with van der Waals surface area (Å²) >= 11 is 0. The second-order valence-electron chi connectivity index (χ2n) is 3.83. The molecular weight excluding hydrogens is 220 g/mol. The second-order valence-corrected chi connectivity index (χ2v) is 3.83. The molecule has 0 bridgehead atoms. The summed E-state index contributed by atoms with van der Waals surface area (Å²) in [4.78, 5) is 2.15. The molecule has 0 atom stereocenters. The van der Waals surface area contributed by atoms with Gasteiger partial charge in [-0.25, -0.2) is 0 Å². The van der Waals surface area contributed by atoms with Gasteiger partial charge < -0.3 is 10.2 Å². The average Bonchev–Trinajstić information content (AvgIpc) is 2.42. The molecule has 1 N–H and O–H groups in total. The molecule has 0 radical (unpaired) electrons. The monoisotopic (exact) mass is 256 g/mol. The number of hydrogen-bond acceptors (Lipinski definition) is 2. The van der Waals surface area contributed by atoms with Crippen LogP contribution in [0.5, 0.6) is 0 Å². The molecule has 0 saturated carbocycles. The van der Waals surface area contributed by atoms with E-state index >= 15 is 0 Å². The average molecular weight is 256 g/mol. The van der Waals surface area contributed by atoms with Gasteiger partial charge in [-0.05, 0) is 40.9 Å². The third-order valence-electron chi connectivity index (χ3n) is 1.99. The molecule has 0 heterocycles. The first-order chi connectivity index (χ1) is 8.66. The summed E-state index contributed by atoms with van der Waals surface area (Å²) in [6.07, 6.45) is 9.12. The van der Waals surface area contributed by atoms with Gasteiger partial charge in [-0.2, -0.15) is 0 Å². The first kappa shape index (κ1) is 22.6. The van der Waals surface area contributed by atoms with Crippen molar-refractivity contribution in [3.63, 3.8) is 0 Å². The van der Waals surface area contributed by atoms with E-state index in [-0.39, 0.29) is 0 Å². The number of rotatable bonds is 3. The Bertz CT molecular complexity index is 182. The normalized spacial score (nSPS) is 12.2. The molecule has 0 aromatic rings. The number of allylic oxidation sites excluding steroid dienone is 4. The first-order valence-electron chi connectivity index (χ1n) is 7.29. The molecule has 0 aromatic heterocycles. The highest BCUT2D eigenvalue weighted by Crippen LogP contribution is 2.06. The molecule has 0 amide bonds. The topological polar surface area (TPSA) is 15.3 Å². The van der Waals surface area contributed by atoms with Gasteiger partial charge in [-0.3, -0.25) is 0 Å². The van der Waals surface area contributed by atoms with Crippen LogP contribution in [-0.4, -0.2) is 39.1 Å². The Hall–Kier alpha value is -0.600. The quantitative estimate of drug-likeness (QED) is 0.818. The Kier molecular flexibility index (Phi) is 27.2. The fourth-order valence-electron chi connectivity index (χ4n) is 1.08. The van der Waals surface area contributed by atoms with Crippen molar-refractivity contribution in [1.29, 1.82) is 0 Å². The zero-order valence-electron chi connectivity index (χ0n) is 14.0. The summed E-state index contributed by atoms with van der Waals surface area (Å²) in [7, 11) is 6.10. The lowest BCUT2D eigenvalue weighted by Crippen LogP contribution is -2.23. The van der Waals surface area contributed by atoms with E-state index in [0.29, 0.717) is 0 Å². The first-order valence-corrected chi connectivity index (χ1v) is 7.29.